The van der Waals surface area contributed by atoms with Gasteiger partial charge in [-0.05, 0) is 43.1 Å². The first kappa shape index (κ1) is 15.2. The maximum Gasteiger partial charge on any atom is 0.128 e. The quantitative estimate of drug-likeness (QED) is 0.793. The van der Waals surface area contributed by atoms with Crippen LogP contribution in [-0.2, 0) is 6.42 Å². The second-order valence-corrected chi connectivity index (χ2v) is 5.78. The minimum atomic E-state index is -0.155. The van der Waals surface area contributed by atoms with E-state index in [9.17, 15) is 4.39 Å². The van der Waals surface area contributed by atoms with E-state index in [4.69, 9.17) is 0 Å². The molecule has 0 saturated carbocycles. The molecule has 2 aromatic carbocycles. The monoisotopic (exact) mass is 335 g/mol. The zero-order valence-electron chi connectivity index (χ0n) is 11.6. The molecule has 1 unspecified atom stereocenters. The second-order valence-electron chi connectivity index (χ2n) is 4.86. The van der Waals surface area contributed by atoms with Crippen LogP contribution in [0.1, 0.15) is 30.5 Å². The Morgan fingerprint density at radius 1 is 1.15 bits per heavy atom. The molecule has 0 bridgehead atoms. The molecule has 0 spiro atoms. The molecule has 1 nitrogen and oxygen atoms in total. The van der Waals surface area contributed by atoms with Gasteiger partial charge >= 0.3 is 0 Å². The van der Waals surface area contributed by atoms with Gasteiger partial charge in [0.15, 0.2) is 0 Å². The van der Waals surface area contributed by atoms with Crippen molar-refractivity contribution < 1.29 is 4.39 Å². The molecule has 0 heterocycles. The molecule has 1 atom stereocenters. The summed E-state index contributed by atoms with van der Waals surface area (Å²) in [7, 11) is 0. The van der Waals surface area contributed by atoms with Crippen LogP contribution < -0.4 is 5.32 Å². The highest BCUT2D eigenvalue weighted by molar-refractivity contribution is 9.10. The average Bonchev–Trinajstić information content (AvgIpc) is 2.47. The summed E-state index contributed by atoms with van der Waals surface area (Å²) < 4.78 is 15.0. The third-order valence-corrected chi connectivity index (χ3v) is 3.75. The fraction of sp³-hybridized carbons (Fsp3) is 0.294. The summed E-state index contributed by atoms with van der Waals surface area (Å²) in [5.41, 5.74) is 1.93. The minimum absolute atomic E-state index is 0.00477. The van der Waals surface area contributed by atoms with Crippen LogP contribution in [-0.4, -0.2) is 6.54 Å². The van der Waals surface area contributed by atoms with E-state index in [1.807, 2.05) is 24.3 Å². The summed E-state index contributed by atoms with van der Waals surface area (Å²) in [4.78, 5) is 0. The first-order chi connectivity index (χ1) is 9.70. The maximum atomic E-state index is 14.1. The van der Waals surface area contributed by atoms with E-state index in [0.29, 0.717) is 0 Å². The number of hydrogen-bond acceptors (Lipinski definition) is 1. The van der Waals surface area contributed by atoms with E-state index in [1.54, 1.807) is 6.07 Å². The topological polar surface area (TPSA) is 12.0 Å². The summed E-state index contributed by atoms with van der Waals surface area (Å²) in [6.45, 7) is 2.99. The van der Waals surface area contributed by atoms with Crippen molar-refractivity contribution in [3.63, 3.8) is 0 Å². The largest absolute Gasteiger partial charge is 0.310 e. The van der Waals surface area contributed by atoms with Crippen LogP contribution in [0.2, 0.25) is 0 Å². The molecule has 0 aliphatic heterocycles. The normalized spacial score (nSPS) is 12.3. The first-order valence-electron chi connectivity index (χ1n) is 6.93. The number of halogens is 2. The van der Waals surface area contributed by atoms with Crippen molar-refractivity contribution in [1.29, 1.82) is 0 Å². The Labute approximate surface area is 128 Å². The van der Waals surface area contributed by atoms with Crippen molar-refractivity contribution in [3.05, 3.63) is 69.9 Å². The van der Waals surface area contributed by atoms with Gasteiger partial charge in [-0.2, -0.15) is 0 Å². The molecule has 0 amide bonds. The van der Waals surface area contributed by atoms with Gasteiger partial charge in [0, 0.05) is 16.1 Å². The van der Waals surface area contributed by atoms with Crippen molar-refractivity contribution in [3.8, 4) is 0 Å². The van der Waals surface area contributed by atoms with Crippen molar-refractivity contribution in [2.24, 2.45) is 0 Å². The first-order valence-corrected chi connectivity index (χ1v) is 7.72. The van der Waals surface area contributed by atoms with Crippen LogP contribution in [0.3, 0.4) is 0 Å². The maximum absolute atomic E-state index is 14.1. The van der Waals surface area contributed by atoms with Crippen LogP contribution >= 0.6 is 15.9 Å². The van der Waals surface area contributed by atoms with Crippen LogP contribution in [0.4, 0.5) is 4.39 Å². The van der Waals surface area contributed by atoms with Crippen LogP contribution in [0.5, 0.6) is 0 Å². The van der Waals surface area contributed by atoms with Gasteiger partial charge in [-0.25, -0.2) is 4.39 Å². The second kappa shape index (κ2) is 7.55. The van der Waals surface area contributed by atoms with Crippen molar-refractivity contribution in [2.45, 2.75) is 25.8 Å². The van der Waals surface area contributed by atoms with Gasteiger partial charge in [0.25, 0.3) is 0 Å². The van der Waals surface area contributed by atoms with Gasteiger partial charge < -0.3 is 5.32 Å². The number of benzene rings is 2. The number of hydrogen-bond donors (Lipinski definition) is 1. The van der Waals surface area contributed by atoms with E-state index in [-0.39, 0.29) is 11.9 Å². The summed E-state index contributed by atoms with van der Waals surface area (Å²) in [6.07, 6.45) is 1.81. The molecule has 2 aromatic rings. The van der Waals surface area contributed by atoms with Crippen LogP contribution in [0, 0.1) is 5.82 Å². The molecule has 0 saturated heterocycles. The van der Waals surface area contributed by atoms with Gasteiger partial charge in [-0.15, -0.1) is 0 Å². The van der Waals surface area contributed by atoms with Gasteiger partial charge in [0.2, 0.25) is 0 Å². The van der Waals surface area contributed by atoms with E-state index < -0.39 is 0 Å². The zero-order chi connectivity index (χ0) is 14.4. The SMILES string of the molecule is CCCNC(Cc1ccccc1)c1cc(Br)ccc1F. The zero-order valence-corrected chi connectivity index (χ0v) is 13.2. The Kier molecular flexibility index (Phi) is 5.74. The molecule has 0 aliphatic carbocycles. The smallest absolute Gasteiger partial charge is 0.128 e. The molecule has 0 aromatic heterocycles. The molecule has 106 valence electrons. The molecule has 0 aliphatic rings. The highest BCUT2D eigenvalue weighted by Crippen LogP contribution is 2.24. The van der Waals surface area contributed by atoms with Crippen LogP contribution in [0.15, 0.2) is 53.0 Å². The third kappa shape index (κ3) is 4.15. The summed E-state index contributed by atoms with van der Waals surface area (Å²) in [6, 6.07) is 15.3. The highest BCUT2D eigenvalue weighted by atomic mass is 79.9. The number of nitrogens with one attached hydrogen (secondary N) is 1. The predicted octanol–water partition coefficient (Wildman–Crippen LogP) is 4.87. The molecule has 0 radical (unpaired) electrons. The van der Waals surface area contributed by atoms with E-state index in [1.165, 1.54) is 11.6 Å². The molecule has 0 fully saturated rings. The van der Waals surface area contributed by atoms with Gasteiger partial charge in [-0.3, -0.25) is 0 Å². The molecule has 20 heavy (non-hydrogen) atoms. The van der Waals surface area contributed by atoms with Gasteiger partial charge in [-0.1, -0.05) is 53.2 Å². The highest BCUT2D eigenvalue weighted by Gasteiger charge is 2.16. The minimum Gasteiger partial charge on any atom is -0.310 e. The van der Waals surface area contributed by atoms with E-state index in [2.05, 4.69) is 40.3 Å². The van der Waals surface area contributed by atoms with Crippen LogP contribution in [0.25, 0.3) is 0 Å². The Bertz CT molecular complexity index is 542. The summed E-state index contributed by atoms with van der Waals surface area (Å²) in [5, 5.41) is 3.44. The predicted molar refractivity (Wildman–Crippen MR) is 85.3 cm³/mol. The lowest BCUT2D eigenvalue weighted by Gasteiger charge is -2.20. The third-order valence-electron chi connectivity index (χ3n) is 3.26. The van der Waals surface area contributed by atoms with Gasteiger partial charge in [0.05, 0.1) is 0 Å². The number of rotatable bonds is 6. The van der Waals surface area contributed by atoms with Crippen molar-refractivity contribution in [2.75, 3.05) is 6.54 Å². The molecule has 2 rings (SSSR count). The Morgan fingerprint density at radius 2 is 1.90 bits per heavy atom. The van der Waals surface area contributed by atoms with E-state index in [0.717, 1.165) is 29.4 Å². The Hall–Kier alpha value is -1.19. The Balaban J connectivity index is 2.24. The molecule has 3 heteroatoms. The van der Waals surface area contributed by atoms with Crippen molar-refractivity contribution in [1.82, 2.24) is 5.32 Å². The standard InChI is InChI=1S/C17H19BrFN/c1-2-10-20-17(11-13-6-4-3-5-7-13)15-12-14(18)8-9-16(15)19/h3-9,12,17,20H,2,10-11H2,1H3. The summed E-state index contributed by atoms with van der Waals surface area (Å²) >= 11 is 3.42. The summed E-state index contributed by atoms with van der Waals surface area (Å²) in [5.74, 6) is -0.155. The van der Waals surface area contributed by atoms with E-state index >= 15 is 0 Å². The molecule has 1 N–H and O–H groups in total. The van der Waals surface area contributed by atoms with Gasteiger partial charge in [0.1, 0.15) is 5.82 Å². The lowest BCUT2D eigenvalue weighted by atomic mass is 9.98. The average molecular weight is 336 g/mol. The fourth-order valence-corrected chi connectivity index (χ4v) is 2.62. The lowest BCUT2D eigenvalue weighted by molar-refractivity contribution is 0.497. The van der Waals surface area contributed by atoms with Crippen molar-refractivity contribution >= 4 is 15.9 Å². The Morgan fingerprint density at radius 3 is 2.60 bits per heavy atom. The molecular weight excluding hydrogens is 317 g/mol. The lowest BCUT2D eigenvalue weighted by Crippen LogP contribution is -2.25. The fourth-order valence-electron chi connectivity index (χ4n) is 2.24. The molecular formula is C17H19BrFN.